The second-order valence-electron chi connectivity index (χ2n) is 9.77. The minimum atomic E-state index is -0.893. The van der Waals surface area contributed by atoms with Crippen LogP contribution in [0.2, 0.25) is 0 Å². The molecule has 0 fully saturated rings. The number of carbonyl (C=O) groups excluding carboxylic acids is 1. The summed E-state index contributed by atoms with van der Waals surface area (Å²) in [5.41, 5.74) is 4.04. The fourth-order valence-corrected chi connectivity index (χ4v) is 5.23. The lowest BCUT2D eigenvalue weighted by atomic mass is 9.98. The number of Topliss-reactive ketones (excluding diaryl/α,β-unsaturated/α-hetero) is 1. The lowest BCUT2D eigenvalue weighted by Crippen LogP contribution is -2.33. The lowest BCUT2D eigenvalue weighted by Gasteiger charge is -2.23. The maximum atomic E-state index is 13.3. The van der Waals surface area contributed by atoms with Crippen LogP contribution in [0.5, 0.6) is 11.5 Å². The molecule has 5 rings (SSSR count). The average molecular weight is 523 g/mol. The molecule has 6 heteroatoms. The highest BCUT2D eigenvalue weighted by atomic mass is 16.5. The van der Waals surface area contributed by atoms with Crippen LogP contribution < -0.4 is 9.47 Å². The Labute approximate surface area is 229 Å². The van der Waals surface area contributed by atoms with E-state index in [1.165, 1.54) is 0 Å². The van der Waals surface area contributed by atoms with Gasteiger partial charge in [-0.2, -0.15) is 0 Å². The summed E-state index contributed by atoms with van der Waals surface area (Å²) in [5.74, 6) is 1.33. The Kier molecular flexibility index (Phi) is 8.25. The SMILES string of the molecule is COc1ccccc1OCCN(CC(=O)CC(O)c1cccc2c1c1ccccc1n2C)Cc1ccccc1. The number of methoxy groups -OCH3 is 1. The number of carbonyl (C=O) groups is 1. The fourth-order valence-electron chi connectivity index (χ4n) is 5.23. The highest BCUT2D eigenvalue weighted by Crippen LogP contribution is 2.34. The molecule has 0 saturated heterocycles. The van der Waals surface area contributed by atoms with Gasteiger partial charge >= 0.3 is 0 Å². The van der Waals surface area contributed by atoms with Crippen LogP contribution in [0, 0.1) is 0 Å². The first-order valence-corrected chi connectivity index (χ1v) is 13.2. The first-order chi connectivity index (χ1) is 19.0. The molecule has 1 aromatic heterocycles. The lowest BCUT2D eigenvalue weighted by molar-refractivity contribution is -0.122. The Morgan fingerprint density at radius 3 is 2.36 bits per heavy atom. The first kappa shape index (κ1) is 26.5. The minimum Gasteiger partial charge on any atom is -0.493 e. The van der Waals surface area contributed by atoms with Gasteiger partial charge in [-0.05, 0) is 35.4 Å². The highest BCUT2D eigenvalue weighted by Gasteiger charge is 2.21. The number of hydrogen-bond acceptors (Lipinski definition) is 5. The van der Waals surface area contributed by atoms with Gasteiger partial charge < -0.3 is 19.1 Å². The standard InChI is InChI=1S/C33H34N2O4/c1-34-28-15-7-6-13-26(28)33-27(14-10-16-29(33)34)30(37)21-25(36)23-35(22-24-11-4-3-5-12-24)19-20-39-32-18-9-8-17-31(32)38-2/h3-18,30,37H,19-23H2,1-2H3. The summed E-state index contributed by atoms with van der Waals surface area (Å²) in [7, 11) is 3.65. The van der Waals surface area contributed by atoms with E-state index in [1.54, 1.807) is 7.11 Å². The maximum absolute atomic E-state index is 13.3. The molecule has 0 bridgehead atoms. The minimum absolute atomic E-state index is 0.0204. The first-order valence-electron chi connectivity index (χ1n) is 13.2. The molecule has 0 saturated carbocycles. The van der Waals surface area contributed by atoms with Gasteiger partial charge in [0.05, 0.1) is 19.8 Å². The van der Waals surface area contributed by atoms with Crippen molar-refractivity contribution in [1.29, 1.82) is 0 Å². The molecular formula is C33H34N2O4. The predicted octanol–water partition coefficient (Wildman–Crippen LogP) is 5.91. The summed E-state index contributed by atoms with van der Waals surface area (Å²) in [5, 5.41) is 13.3. The molecule has 0 amide bonds. The van der Waals surface area contributed by atoms with Crippen LogP contribution in [0.1, 0.15) is 23.7 Å². The number of aliphatic hydroxyl groups excluding tert-OH is 1. The zero-order chi connectivity index (χ0) is 27.2. The molecule has 0 spiro atoms. The van der Waals surface area contributed by atoms with E-state index in [4.69, 9.17) is 9.47 Å². The molecule has 4 aromatic carbocycles. The van der Waals surface area contributed by atoms with Crippen molar-refractivity contribution in [1.82, 2.24) is 9.47 Å². The van der Waals surface area contributed by atoms with Crippen LogP contribution in [0.4, 0.5) is 0 Å². The third-order valence-corrected chi connectivity index (χ3v) is 7.13. The van der Waals surface area contributed by atoms with Crippen molar-refractivity contribution in [3.05, 3.63) is 108 Å². The van der Waals surface area contributed by atoms with Crippen LogP contribution in [0.3, 0.4) is 0 Å². The topological polar surface area (TPSA) is 63.9 Å². The van der Waals surface area contributed by atoms with Gasteiger partial charge in [0.15, 0.2) is 11.5 Å². The van der Waals surface area contributed by atoms with Gasteiger partial charge in [0.1, 0.15) is 12.4 Å². The summed E-state index contributed by atoms with van der Waals surface area (Å²) < 4.78 is 13.5. The smallest absolute Gasteiger partial charge is 0.161 e. The number of aromatic nitrogens is 1. The molecule has 0 radical (unpaired) electrons. The summed E-state index contributed by atoms with van der Waals surface area (Å²) in [6.45, 7) is 1.77. The van der Waals surface area contributed by atoms with E-state index in [0.717, 1.165) is 32.9 Å². The van der Waals surface area contributed by atoms with Crippen LogP contribution in [0.15, 0.2) is 97.1 Å². The zero-order valence-corrected chi connectivity index (χ0v) is 22.4. The molecule has 0 aliphatic carbocycles. The van der Waals surface area contributed by atoms with Crippen molar-refractivity contribution in [2.24, 2.45) is 7.05 Å². The molecule has 5 aromatic rings. The van der Waals surface area contributed by atoms with Crippen molar-refractivity contribution in [2.45, 2.75) is 19.1 Å². The van der Waals surface area contributed by atoms with Gasteiger partial charge in [-0.25, -0.2) is 0 Å². The second-order valence-corrected chi connectivity index (χ2v) is 9.77. The normalized spacial score (nSPS) is 12.2. The molecule has 1 heterocycles. The Morgan fingerprint density at radius 1 is 0.872 bits per heavy atom. The van der Waals surface area contributed by atoms with Crippen molar-refractivity contribution >= 4 is 27.6 Å². The Hall–Kier alpha value is -4.13. The largest absolute Gasteiger partial charge is 0.493 e. The number of ether oxygens (including phenoxy) is 2. The number of aliphatic hydroxyl groups is 1. The van der Waals surface area contributed by atoms with Crippen LogP contribution in [-0.4, -0.2) is 47.2 Å². The number of aryl methyl sites for hydroxylation is 1. The van der Waals surface area contributed by atoms with E-state index in [9.17, 15) is 9.90 Å². The summed E-state index contributed by atoms with van der Waals surface area (Å²) >= 11 is 0. The van der Waals surface area contributed by atoms with Crippen molar-refractivity contribution in [3.8, 4) is 11.5 Å². The molecule has 0 aliphatic rings. The number of para-hydroxylation sites is 3. The molecular weight excluding hydrogens is 488 g/mol. The van der Waals surface area contributed by atoms with Gasteiger partial charge in [0.25, 0.3) is 0 Å². The summed E-state index contributed by atoms with van der Waals surface area (Å²) in [6, 6.07) is 31.7. The molecule has 0 aliphatic heterocycles. The maximum Gasteiger partial charge on any atom is 0.161 e. The zero-order valence-electron chi connectivity index (χ0n) is 22.4. The molecule has 1 unspecified atom stereocenters. The molecule has 39 heavy (non-hydrogen) atoms. The van der Waals surface area contributed by atoms with Crippen LogP contribution in [-0.2, 0) is 18.4 Å². The Morgan fingerprint density at radius 2 is 1.56 bits per heavy atom. The predicted molar refractivity (Wildman–Crippen MR) is 155 cm³/mol. The van der Waals surface area contributed by atoms with E-state index in [-0.39, 0.29) is 18.7 Å². The van der Waals surface area contributed by atoms with Crippen LogP contribution in [0.25, 0.3) is 21.8 Å². The molecule has 1 N–H and O–H groups in total. The van der Waals surface area contributed by atoms with E-state index in [0.29, 0.717) is 31.2 Å². The van der Waals surface area contributed by atoms with E-state index >= 15 is 0 Å². The number of benzene rings is 4. The van der Waals surface area contributed by atoms with Crippen LogP contribution >= 0.6 is 0 Å². The highest BCUT2D eigenvalue weighted by molar-refractivity contribution is 6.09. The average Bonchev–Trinajstić information content (AvgIpc) is 3.25. The number of rotatable bonds is 12. The van der Waals surface area contributed by atoms with Crippen molar-refractivity contribution < 1.29 is 19.4 Å². The monoisotopic (exact) mass is 522 g/mol. The Balaban J connectivity index is 1.30. The van der Waals surface area contributed by atoms with Gasteiger partial charge in [-0.1, -0.05) is 72.8 Å². The number of ketones is 1. The van der Waals surface area contributed by atoms with E-state index in [2.05, 4.69) is 39.8 Å². The van der Waals surface area contributed by atoms with Crippen molar-refractivity contribution in [3.63, 3.8) is 0 Å². The summed E-state index contributed by atoms with van der Waals surface area (Å²) in [4.78, 5) is 15.4. The third-order valence-electron chi connectivity index (χ3n) is 7.13. The van der Waals surface area contributed by atoms with Gasteiger partial charge in [0.2, 0.25) is 0 Å². The molecule has 200 valence electrons. The fraction of sp³-hybridized carbons (Fsp3) is 0.242. The van der Waals surface area contributed by atoms with Gasteiger partial charge in [0, 0.05) is 48.4 Å². The van der Waals surface area contributed by atoms with Gasteiger partial charge in [-0.15, -0.1) is 0 Å². The number of hydrogen-bond donors (Lipinski definition) is 1. The molecule has 1 atom stereocenters. The van der Waals surface area contributed by atoms with Crippen molar-refractivity contribution in [2.75, 3.05) is 26.8 Å². The summed E-state index contributed by atoms with van der Waals surface area (Å²) in [6.07, 6.45) is -0.850. The Bertz CT molecular complexity index is 1560. The van der Waals surface area contributed by atoms with Gasteiger partial charge in [-0.3, -0.25) is 9.69 Å². The second kappa shape index (κ2) is 12.2. The van der Waals surface area contributed by atoms with E-state index in [1.807, 2.05) is 73.8 Å². The molecule has 6 nitrogen and oxygen atoms in total. The number of nitrogens with zero attached hydrogens (tertiary/aromatic N) is 2. The van der Waals surface area contributed by atoms with E-state index < -0.39 is 6.10 Å². The third kappa shape index (κ3) is 5.98. The quantitative estimate of drug-likeness (QED) is 0.221. The number of fused-ring (bicyclic) bond motifs is 3.